The number of esters is 1. The number of carbonyl (C=O) groups is 2. The third kappa shape index (κ3) is 5.38. The number of amides is 1. The smallest absolute Gasteiger partial charge is 0.338 e. The molecule has 1 unspecified atom stereocenters. The Morgan fingerprint density at radius 1 is 0.775 bits per heavy atom. The van der Waals surface area contributed by atoms with Crippen molar-refractivity contribution in [2.45, 2.75) is 13.0 Å². The number of aromatic nitrogens is 3. The van der Waals surface area contributed by atoms with Crippen molar-refractivity contribution in [3.63, 3.8) is 0 Å². The van der Waals surface area contributed by atoms with Gasteiger partial charge in [-0.2, -0.15) is 0 Å². The van der Waals surface area contributed by atoms with Crippen LogP contribution >= 0.6 is 22.7 Å². The molecule has 0 radical (unpaired) electrons. The molecule has 6 rings (SSSR count). The van der Waals surface area contributed by atoms with E-state index in [0.29, 0.717) is 21.9 Å². The number of anilines is 1. The number of fused-ring (bicyclic) bond motifs is 1. The molecular weight excluding hydrogens is 541 g/mol. The van der Waals surface area contributed by atoms with E-state index in [0.717, 1.165) is 27.4 Å². The van der Waals surface area contributed by atoms with Crippen LogP contribution in [0.2, 0.25) is 0 Å². The summed E-state index contributed by atoms with van der Waals surface area (Å²) in [5.74, 6) is -1.09. The number of nitrogens with zero attached hydrogens (tertiary/aromatic N) is 3. The van der Waals surface area contributed by atoms with Crippen LogP contribution in [0.1, 0.15) is 17.3 Å². The van der Waals surface area contributed by atoms with Gasteiger partial charge in [0, 0.05) is 16.5 Å². The number of ether oxygens (including phenoxy) is 1. The van der Waals surface area contributed by atoms with Crippen LogP contribution in [0.3, 0.4) is 0 Å². The Morgan fingerprint density at radius 2 is 1.45 bits per heavy atom. The average Bonchev–Trinajstić information content (AvgIpc) is 3.70. The number of rotatable bonds is 7. The first-order valence-electron chi connectivity index (χ1n) is 12.5. The molecule has 7 nitrogen and oxygen atoms in total. The number of thiophene rings is 1. The summed E-state index contributed by atoms with van der Waals surface area (Å²) in [6, 6.07) is 28.6. The topological polar surface area (TPSA) is 94.1 Å². The van der Waals surface area contributed by atoms with E-state index in [-0.39, 0.29) is 5.56 Å². The highest BCUT2D eigenvalue weighted by Crippen LogP contribution is 2.31. The molecule has 0 fully saturated rings. The lowest BCUT2D eigenvalue weighted by Crippen LogP contribution is -2.30. The van der Waals surface area contributed by atoms with E-state index < -0.39 is 18.0 Å². The van der Waals surface area contributed by atoms with Gasteiger partial charge in [0.05, 0.1) is 38.6 Å². The van der Waals surface area contributed by atoms with Crippen LogP contribution in [0, 0.1) is 0 Å². The summed E-state index contributed by atoms with van der Waals surface area (Å²) in [5.41, 5.74) is 5.59. The van der Waals surface area contributed by atoms with Crippen LogP contribution in [0.15, 0.2) is 102 Å². The molecule has 0 aliphatic heterocycles. The van der Waals surface area contributed by atoms with Crippen molar-refractivity contribution in [3.05, 3.63) is 107 Å². The quantitative estimate of drug-likeness (QED) is 0.205. The van der Waals surface area contributed by atoms with E-state index in [1.165, 1.54) is 18.3 Å². The fraction of sp³-hybridized carbons (Fsp3) is 0.0645. The first-order chi connectivity index (χ1) is 19.5. The Balaban J connectivity index is 1.23. The van der Waals surface area contributed by atoms with Gasteiger partial charge in [-0.25, -0.2) is 19.7 Å². The van der Waals surface area contributed by atoms with Crippen molar-refractivity contribution in [2.75, 3.05) is 5.32 Å². The molecule has 196 valence electrons. The van der Waals surface area contributed by atoms with Gasteiger partial charge in [0.2, 0.25) is 0 Å². The lowest BCUT2D eigenvalue weighted by molar-refractivity contribution is -0.123. The number of hydrogen-bond donors (Lipinski definition) is 1. The fourth-order valence-corrected chi connectivity index (χ4v) is 5.61. The molecule has 0 aliphatic rings. The van der Waals surface area contributed by atoms with Crippen molar-refractivity contribution >= 4 is 50.7 Å². The van der Waals surface area contributed by atoms with E-state index in [1.54, 1.807) is 29.5 Å². The summed E-state index contributed by atoms with van der Waals surface area (Å²) in [6.45, 7) is 1.53. The van der Waals surface area contributed by atoms with E-state index in [1.807, 2.05) is 83.6 Å². The van der Waals surface area contributed by atoms with E-state index in [2.05, 4.69) is 10.3 Å². The minimum Gasteiger partial charge on any atom is -0.449 e. The zero-order valence-corrected chi connectivity index (χ0v) is 22.9. The summed E-state index contributed by atoms with van der Waals surface area (Å²) in [5, 5.41) is 7.02. The van der Waals surface area contributed by atoms with Gasteiger partial charge in [-0.05, 0) is 36.6 Å². The zero-order valence-electron chi connectivity index (χ0n) is 21.3. The number of carbonyl (C=O) groups excluding carboxylic acids is 2. The summed E-state index contributed by atoms with van der Waals surface area (Å²) in [6.07, 6.45) is -1.02. The normalized spacial score (nSPS) is 11.7. The third-order valence-corrected chi connectivity index (χ3v) is 7.81. The summed E-state index contributed by atoms with van der Waals surface area (Å²) in [4.78, 5) is 41.0. The Kier molecular flexibility index (Phi) is 7.13. The number of thiazole rings is 1. The molecule has 6 aromatic rings. The Morgan fingerprint density at radius 3 is 2.10 bits per heavy atom. The monoisotopic (exact) mass is 562 g/mol. The van der Waals surface area contributed by atoms with Crippen LogP contribution in [0.25, 0.3) is 44.1 Å². The molecule has 1 amide bonds. The molecular formula is C31H22N4O3S2. The molecule has 3 heterocycles. The van der Waals surface area contributed by atoms with Gasteiger partial charge >= 0.3 is 5.97 Å². The lowest BCUT2D eigenvalue weighted by atomic mass is 10.0. The van der Waals surface area contributed by atoms with Crippen molar-refractivity contribution < 1.29 is 14.3 Å². The second-order valence-electron chi connectivity index (χ2n) is 8.91. The number of benzene rings is 3. The Labute approximate surface area is 238 Å². The average molecular weight is 563 g/mol. The van der Waals surface area contributed by atoms with Gasteiger partial charge in [0.25, 0.3) is 5.91 Å². The SMILES string of the molecule is CC(OC(=O)c1ccc2nc(-c3ccccc3)c(-c3ccccc3)nc2c1)C(=O)Nc1nc(-c2cccs2)cs1. The predicted octanol–water partition coefficient (Wildman–Crippen LogP) is 7.33. The van der Waals surface area contributed by atoms with E-state index in [4.69, 9.17) is 14.7 Å². The molecule has 0 bridgehead atoms. The molecule has 1 N–H and O–H groups in total. The second-order valence-corrected chi connectivity index (χ2v) is 10.7. The van der Waals surface area contributed by atoms with Gasteiger partial charge in [-0.1, -0.05) is 66.7 Å². The molecule has 3 aromatic heterocycles. The summed E-state index contributed by atoms with van der Waals surface area (Å²) >= 11 is 2.89. The number of hydrogen-bond acceptors (Lipinski definition) is 8. The highest BCUT2D eigenvalue weighted by Gasteiger charge is 2.21. The number of nitrogens with one attached hydrogen (secondary N) is 1. The minimum absolute atomic E-state index is 0.280. The van der Waals surface area contributed by atoms with E-state index >= 15 is 0 Å². The largest absolute Gasteiger partial charge is 0.449 e. The zero-order chi connectivity index (χ0) is 27.5. The van der Waals surface area contributed by atoms with Gasteiger partial charge in [-0.3, -0.25) is 10.1 Å². The van der Waals surface area contributed by atoms with Crippen LogP contribution in [-0.2, 0) is 9.53 Å². The van der Waals surface area contributed by atoms with Gasteiger partial charge in [-0.15, -0.1) is 22.7 Å². The van der Waals surface area contributed by atoms with Crippen LogP contribution in [0.5, 0.6) is 0 Å². The van der Waals surface area contributed by atoms with Gasteiger partial charge in [0.1, 0.15) is 0 Å². The van der Waals surface area contributed by atoms with Crippen LogP contribution in [-0.4, -0.2) is 32.9 Å². The standard InChI is InChI=1S/C31H22N4O3S2/c1-19(29(36)35-31-34-25(18-40-31)26-13-8-16-39-26)38-30(37)22-14-15-23-24(17-22)33-28(21-11-6-3-7-12-21)27(32-23)20-9-4-2-5-10-20/h2-19H,1H3,(H,34,35,36). The maximum absolute atomic E-state index is 13.0. The molecule has 9 heteroatoms. The molecule has 0 spiro atoms. The molecule has 0 saturated heterocycles. The first kappa shape index (κ1) is 25.5. The highest BCUT2D eigenvalue weighted by atomic mass is 32.1. The Hall–Kier alpha value is -4.73. The third-order valence-electron chi connectivity index (χ3n) is 6.16. The second kappa shape index (κ2) is 11.2. The molecule has 0 saturated carbocycles. The fourth-order valence-electron chi connectivity index (χ4n) is 4.13. The summed E-state index contributed by atoms with van der Waals surface area (Å²) in [7, 11) is 0. The Bertz CT molecular complexity index is 1800. The van der Waals surface area contributed by atoms with Crippen molar-refractivity contribution in [2.24, 2.45) is 0 Å². The van der Waals surface area contributed by atoms with Crippen LogP contribution in [0.4, 0.5) is 5.13 Å². The predicted molar refractivity (Wildman–Crippen MR) is 159 cm³/mol. The molecule has 1 atom stereocenters. The van der Waals surface area contributed by atoms with Crippen LogP contribution < -0.4 is 5.32 Å². The summed E-state index contributed by atoms with van der Waals surface area (Å²) < 4.78 is 5.49. The molecule has 3 aromatic carbocycles. The van der Waals surface area contributed by atoms with Crippen molar-refractivity contribution in [1.82, 2.24) is 15.0 Å². The van der Waals surface area contributed by atoms with Gasteiger partial charge < -0.3 is 4.74 Å². The van der Waals surface area contributed by atoms with Gasteiger partial charge in [0.15, 0.2) is 11.2 Å². The maximum atomic E-state index is 13.0. The first-order valence-corrected chi connectivity index (χ1v) is 14.2. The minimum atomic E-state index is -1.02. The van der Waals surface area contributed by atoms with Crippen molar-refractivity contribution in [3.8, 4) is 33.1 Å². The maximum Gasteiger partial charge on any atom is 0.338 e. The lowest BCUT2D eigenvalue weighted by Gasteiger charge is -2.13. The highest BCUT2D eigenvalue weighted by molar-refractivity contribution is 7.16. The van der Waals surface area contributed by atoms with Crippen molar-refractivity contribution in [1.29, 1.82) is 0 Å². The molecule has 0 aliphatic carbocycles. The van der Waals surface area contributed by atoms with E-state index in [9.17, 15) is 9.59 Å². The molecule has 40 heavy (non-hydrogen) atoms.